The lowest BCUT2D eigenvalue weighted by molar-refractivity contribution is -0.154. The van der Waals surface area contributed by atoms with Crippen LogP contribution in [0, 0.1) is 11.8 Å². The molecule has 3 rings (SSSR count). The molecule has 1 saturated carbocycles. The van der Waals surface area contributed by atoms with E-state index >= 15 is 0 Å². The number of carbonyl (C=O) groups excluding carboxylic acids is 1. The monoisotopic (exact) mass is 289 g/mol. The summed E-state index contributed by atoms with van der Waals surface area (Å²) in [7, 11) is 3.59. The molecule has 0 saturated heterocycles. The zero-order valence-corrected chi connectivity index (χ0v) is 13.0. The van der Waals surface area contributed by atoms with Gasteiger partial charge in [0, 0.05) is 19.3 Å². The van der Waals surface area contributed by atoms with Crippen LogP contribution in [0.25, 0.3) is 5.57 Å². The van der Waals surface area contributed by atoms with E-state index in [1.54, 1.807) is 0 Å². The van der Waals surface area contributed by atoms with Crippen LogP contribution in [-0.2, 0) is 9.53 Å². The van der Waals surface area contributed by atoms with E-state index in [-0.39, 0.29) is 17.9 Å². The maximum absolute atomic E-state index is 11.9. The van der Waals surface area contributed by atoms with Crippen molar-refractivity contribution in [3.05, 3.63) is 24.0 Å². The number of hydrogen-bond acceptors (Lipinski definition) is 4. The molecule has 2 aliphatic rings. The average Bonchev–Trinajstić information content (AvgIpc) is 2.93. The van der Waals surface area contributed by atoms with Gasteiger partial charge in [0.25, 0.3) is 0 Å². The van der Waals surface area contributed by atoms with Crippen LogP contribution in [0.2, 0.25) is 0 Å². The van der Waals surface area contributed by atoms with Gasteiger partial charge in [-0.15, -0.1) is 0 Å². The highest BCUT2D eigenvalue weighted by atomic mass is 16.5. The maximum atomic E-state index is 11.9. The molecule has 3 unspecified atom stereocenters. The summed E-state index contributed by atoms with van der Waals surface area (Å²) in [5.41, 5.74) is 2.50. The molecule has 5 nitrogen and oxygen atoms in total. The molecule has 0 amide bonds. The first-order chi connectivity index (χ1) is 10.1. The van der Waals surface area contributed by atoms with Crippen molar-refractivity contribution in [2.75, 3.05) is 27.2 Å². The number of carbonyl (C=O) groups is 1. The van der Waals surface area contributed by atoms with E-state index in [2.05, 4.69) is 36.1 Å². The highest BCUT2D eigenvalue weighted by Gasteiger charge is 2.46. The highest BCUT2D eigenvalue weighted by molar-refractivity contribution is 5.74. The van der Waals surface area contributed by atoms with Crippen LogP contribution < -0.4 is 0 Å². The number of methoxy groups -OCH3 is 1. The van der Waals surface area contributed by atoms with Gasteiger partial charge in [0.15, 0.2) is 0 Å². The third kappa shape index (κ3) is 2.50. The van der Waals surface area contributed by atoms with Gasteiger partial charge in [0.05, 0.1) is 24.8 Å². The Morgan fingerprint density at radius 1 is 1.48 bits per heavy atom. The Morgan fingerprint density at radius 2 is 2.29 bits per heavy atom. The Labute approximate surface area is 125 Å². The largest absolute Gasteiger partial charge is 0.469 e. The summed E-state index contributed by atoms with van der Waals surface area (Å²) in [5.74, 6) is 0.284. The quantitative estimate of drug-likeness (QED) is 0.798. The molecular weight excluding hydrogens is 266 g/mol. The van der Waals surface area contributed by atoms with Crippen molar-refractivity contribution in [2.45, 2.75) is 25.8 Å². The first kappa shape index (κ1) is 14.3. The first-order valence-electron chi connectivity index (χ1n) is 7.61. The highest BCUT2D eigenvalue weighted by Crippen LogP contribution is 2.45. The van der Waals surface area contributed by atoms with Crippen molar-refractivity contribution in [1.29, 1.82) is 0 Å². The number of rotatable bonds is 3. The van der Waals surface area contributed by atoms with E-state index in [1.807, 2.05) is 10.9 Å². The van der Waals surface area contributed by atoms with Crippen LogP contribution in [0.5, 0.6) is 0 Å². The van der Waals surface area contributed by atoms with Crippen LogP contribution in [-0.4, -0.2) is 47.9 Å². The van der Waals surface area contributed by atoms with Crippen molar-refractivity contribution < 1.29 is 9.53 Å². The zero-order valence-electron chi connectivity index (χ0n) is 13.0. The van der Waals surface area contributed by atoms with Crippen LogP contribution >= 0.6 is 0 Å². The standard InChI is InChI=1S/C16H23N3O2/c1-11-10-13(16(20)21-3)15(11)19-14(4-7-17-19)12-5-8-18(2)9-6-12/h4-5,7,11,13,15H,6,8-10H2,1-3H3. The van der Waals surface area contributed by atoms with Crippen LogP contribution in [0.15, 0.2) is 18.3 Å². The summed E-state index contributed by atoms with van der Waals surface area (Å²) in [6, 6.07) is 2.19. The second kappa shape index (κ2) is 5.64. The van der Waals surface area contributed by atoms with Crippen molar-refractivity contribution in [2.24, 2.45) is 11.8 Å². The molecule has 1 aliphatic heterocycles. The molecule has 114 valence electrons. The van der Waals surface area contributed by atoms with E-state index in [9.17, 15) is 4.79 Å². The fourth-order valence-corrected chi connectivity index (χ4v) is 3.49. The fourth-order valence-electron chi connectivity index (χ4n) is 3.49. The number of esters is 1. The molecule has 0 aromatic carbocycles. The predicted molar refractivity (Wildman–Crippen MR) is 80.6 cm³/mol. The second-order valence-electron chi connectivity index (χ2n) is 6.24. The molecule has 0 N–H and O–H groups in total. The molecule has 1 fully saturated rings. The van der Waals surface area contributed by atoms with Gasteiger partial charge >= 0.3 is 5.97 Å². The molecular formula is C16H23N3O2. The van der Waals surface area contributed by atoms with Crippen molar-refractivity contribution in [3.63, 3.8) is 0 Å². The molecule has 0 spiro atoms. The third-order valence-electron chi connectivity index (χ3n) is 4.82. The molecule has 3 atom stereocenters. The molecule has 0 bridgehead atoms. The third-order valence-corrected chi connectivity index (χ3v) is 4.82. The van der Waals surface area contributed by atoms with Gasteiger partial charge in [-0.05, 0) is 37.4 Å². The maximum Gasteiger partial charge on any atom is 0.310 e. The van der Waals surface area contributed by atoms with Gasteiger partial charge in [0.2, 0.25) is 0 Å². The molecule has 0 radical (unpaired) electrons. The Hall–Kier alpha value is -1.62. The lowest BCUT2D eigenvalue weighted by atomic mass is 9.70. The summed E-state index contributed by atoms with van der Waals surface area (Å²) in [6.45, 7) is 4.22. The van der Waals surface area contributed by atoms with Gasteiger partial charge < -0.3 is 9.64 Å². The molecule has 5 heteroatoms. The smallest absolute Gasteiger partial charge is 0.310 e. The summed E-state index contributed by atoms with van der Waals surface area (Å²) < 4.78 is 6.98. The number of hydrogen-bond donors (Lipinski definition) is 0. The first-order valence-corrected chi connectivity index (χ1v) is 7.61. The SMILES string of the molecule is COC(=O)C1CC(C)C1n1nccc1C1=CCN(C)CC1. The van der Waals surface area contributed by atoms with E-state index in [1.165, 1.54) is 12.7 Å². The van der Waals surface area contributed by atoms with Gasteiger partial charge in [-0.25, -0.2) is 0 Å². The lowest BCUT2D eigenvalue weighted by Crippen LogP contribution is -2.43. The number of aromatic nitrogens is 2. The number of ether oxygens (including phenoxy) is 1. The second-order valence-corrected chi connectivity index (χ2v) is 6.24. The van der Waals surface area contributed by atoms with Crippen molar-refractivity contribution >= 4 is 11.5 Å². The van der Waals surface area contributed by atoms with Crippen molar-refractivity contribution in [3.8, 4) is 0 Å². The number of nitrogens with zero attached hydrogens (tertiary/aromatic N) is 3. The zero-order chi connectivity index (χ0) is 15.0. The topological polar surface area (TPSA) is 47.4 Å². The molecule has 21 heavy (non-hydrogen) atoms. The summed E-state index contributed by atoms with van der Waals surface area (Å²) in [4.78, 5) is 14.2. The van der Waals surface area contributed by atoms with E-state index in [4.69, 9.17) is 4.74 Å². The van der Waals surface area contributed by atoms with Gasteiger partial charge in [-0.1, -0.05) is 13.0 Å². The number of likely N-dealkylation sites (N-methyl/N-ethyl adjacent to an activating group) is 1. The minimum atomic E-state index is -0.114. The van der Waals surface area contributed by atoms with Crippen LogP contribution in [0.3, 0.4) is 0 Å². The molecule has 1 aliphatic carbocycles. The van der Waals surface area contributed by atoms with Crippen LogP contribution in [0.1, 0.15) is 31.5 Å². The fraction of sp³-hybridized carbons (Fsp3) is 0.625. The Balaban J connectivity index is 1.87. The minimum absolute atomic E-state index is 0.0597. The molecule has 1 aromatic rings. The van der Waals surface area contributed by atoms with Gasteiger partial charge in [-0.3, -0.25) is 9.48 Å². The minimum Gasteiger partial charge on any atom is -0.469 e. The van der Waals surface area contributed by atoms with Crippen molar-refractivity contribution in [1.82, 2.24) is 14.7 Å². The Kier molecular flexibility index (Phi) is 3.85. The normalized spacial score (nSPS) is 29.7. The average molecular weight is 289 g/mol. The molecule has 2 heterocycles. The van der Waals surface area contributed by atoms with Gasteiger partial charge in [-0.2, -0.15) is 5.10 Å². The van der Waals surface area contributed by atoms with E-state index in [0.717, 1.165) is 31.6 Å². The molecule has 1 aromatic heterocycles. The summed E-state index contributed by atoms with van der Waals surface area (Å²) >= 11 is 0. The Bertz CT molecular complexity index is 564. The van der Waals surface area contributed by atoms with E-state index in [0.29, 0.717) is 5.92 Å². The van der Waals surface area contributed by atoms with Gasteiger partial charge in [0.1, 0.15) is 0 Å². The van der Waals surface area contributed by atoms with E-state index < -0.39 is 0 Å². The lowest BCUT2D eigenvalue weighted by Gasteiger charge is -2.42. The van der Waals surface area contributed by atoms with Crippen LogP contribution in [0.4, 0.5) is 0 Å². The summed E-state index contributed by atoms with van der Waals surface area (Å²) in [5, 5.41) is 4.50. The predicted octanol–water partition coefficient (Wildman–Crippen LogP) is 1.97. The summed E-state index contributed by atoms with van der Waals surface area (Å²) in [6.07, 6.45) is 6.03. The Morgan fingerprint density at radius 3 is 2.90 bits per heavy atom.